The summed E-state index contributed by atoms with van der Waals surface area (Å²) >= 11 is 0. The quantitative estimate of drug-likeness (QED) is 0.693. The van der Waals surface area contributed by atoms with Crippen molar-refractivity contribution in [2.45, 2.75) is 13.8 Å². The summed E-state index contributed by atoms with van der Waals surface area (Å²) in [4.78, 5) is 15.1. The van der Waals surface area contributed by atoms with Gasteiger partial charge in [-0.25, -0.2) is 9.78 Å². The number of nitrogens with two attached hydrogens (primary N) is 1. The molecule has 0 fully saturated rings. The Morgan fingerprint density at radius 1 is 1.53 bits per heavy atom. The first kappa shape index (κ1) is 9.51. The largest absolute Gasteiger partial charge is 0.477 e. The number of anilines is 1. The van der Waals surface area contributed by atoms with Crippen molar-refractivity contribution in [3.05, 3.63) is 23.1 Å². The zero-order chi connectivity index (χ0) is 11.2. The lowest BCUT2D eigenvalue weighted by Crippen LogP contribution is -2.04. The van der Waals surface area contributed by atoms with Crippen LogP contribution in [0.3, 0.4) is 0 Å². The summed E-state index contributed by atoms with van der Waals surface area (Å²) in [6.07, 6.45) is 0. The average molecular weight is 206 g/mol. The predicted molar refractivity (Wildman–Crippen MR) is 54.9 cm³/mol. The third-order valence-electron chi connectivity index (χ3n) is 2.25. The number of benzene rings is 1. The first-order chi connectivity index (χ1) is 7.00. The summed E-state index contributed by atoms with van der Waals surface area (Å²) in [5, 5.41) is 9.03. The lowest BCUT2D eigenvalue weighted by molar-refractivity contribution is 0.0699. The van der Waals surface area contributed by atoms with Gasteiger partial charge in [-0.1, -0.05) is 0 Å². The van der Waals surface area contributed by atoms with Crippen LogP contribution in [0.15, 0.2) is 10.5 Å². The second-order valence-corrected chi connectivity index (χ2v) is 3.37. The molecule has 0 aliphatic carbocycles. The van der Waals surface area contributed by atoms with E-state index < -0.39 is 5.97 Å². The average Bonchev–Trinajstić information content (AvgIpc) is 2.46. The monoisotopic (exact) mass is 206 g/mol. The molecule has 0 saturated heterocycles. The highest BCUT2D eigenvalue weighted by atomic mass is 16.4. The highest BCUT2D eigenvalue weighted by Crippen LogP contribution is 2.28. The van der Waals surface area contributed by atoms with E-state index in [1.165, 1.54) is 0 Å². The summed E-state index contributed by atoms with van der Waals surface area (Å²) in [6, 6.07) is 1.72. The number of aromatic carboxylic acids is 1. The number of hydrogen-bond donors (Lipinski definition) is 2. The summed E-state index contributed by atoms with van der Waals surface area (Å²) in [6.45, 7) is 3.41. The van der Waals surface area contributed by atoms with Gasteiger partial charge in [-0.05, 0) is 18.6 Å². The lowest BCUT2D eigenvalue weighted by atomic mass is 10.1. The molecule has 78 valence electrons. The highest BCUT2D eigenvalue weighted by molar-refractivity contribution is 6.05. The zero-order valence-corrected chi connectivity index (χ0v) is 8.37. The smallest absolute Gasteiger partial charge is 0.341 e. The van der Waals surface area contributed by atoms with Crippen LogP contribution in [0.25, 0.3) is 11.1 Å². The minimum absolute atomic E-state index is 0.00870. The lowest BCUT2D eigenvalue weighted by Gasteiger charge is -2.03. The third kappa shape index (κ3) is 1.32. The topological polar surface area (TPSA) is 89.3 Å². The van der Waals surface area contributed by atoms with E-state index in [1.807, 2.05) is 0 Å². The first-order valence-corrected chi connectivity index (χ1v) is 4.40. The first-order valence-electron chi connectivity index (χ1n) is 4.40. The van der Waals surface area contributed by atoms with Crippen LogP contribution in [0.2, 0.25) is 0 Å². The summed E-state index contributed by atoms with van der Waals surface area (Å²) in [7, 11) is 0. The van der Waals surface area contributed by atoms with Crippen LogP contribution in [0.5, 0.6) is 0 Å². The van der Waals surface area contributed by atoms with Gasteiger partial charge in [-0.3, -0.25) is 0 Å². The minimum atomic E-state index is -1.10. The molecule has 0 bridgehead atoms. The maximum Gasteiger partial charge on any atom is 0.341 e. The molecule has 5 heteroatoms. The molecule has 0 atom stereocenters. The summed E-state index contributed by atoms with van der Waals surface area (Å²) < 4.78 is 5.22. The van der Waals surface area contributed by atoms with E-state index in [0.717, 1.165) is 0 Å². The number of nitrogen functional groups attached to an aromatic ring is 1. The predicted octanol–water partition coefficient (Wildman–Crippen LogP) is 1.73. The van der Waals surface area contributed by atoms with E-state index in [1.54, 1.807) is 19.9 Å². The van der Waals surface area contributed by atoms with Crippen LogP contribution < -0.4 is 5.73 Å². The van der Waals surface area contributed by atoms with E-state index in [9.17, 15) is 4.79 Å². The van der Waals surface area contributed by atoms with E-state index in [0.29, 0.717) is 17.0 Å². The second kappa shape index (κ2) is 2.98. The molecule has 1 aromatic carbocycles. The van der Waals surface area contributed by atoms with Gasteiger partial charge in [-0.2, -0.15) is 0 Å². The van der Waals surface area contributed by atoms with Crippen LogP contribution in [-0.4, -0.2) is 16.1 Å². The third-order valence-corrected chi connectivity index (χ3v) is 2.25. The van der Waals surface area contributed by atoms with E-state index in [2.05, 4.69) is 4.98 Å². The highest BCUT2D eigenvalue weighted by Gasteiger charge is 2.19. The van der Waals surface area contributed by atoms with Crippen molar-refractivity contribution in [3.63, 3.8) is 0 Å². The van der Waals surface area contributed by atoms with Crippen molar-refractivity contribution in [2.75, 3.05) is 5.73 Å². The molecule has 2 aromatic rings. The van der Waals surface area contributed by atoms with Gasteiger partial charge >= 0.3 is 5.97 Å². The van der Waals surface area contributed by atoms with Gasteiger partial charge in [0.1, 0.15) is 11.1 Å². The fourth-order valence-corrected chi connectivity index (χ4v) is 1.53. The van der Waals surface area contributed by atoms with Crippen molar-refractivity contribution in [2.24, 2.45) is 0 Å². The van der Waals surface area contributed by atoms with E-state index >= 15 is 0 Å². The van der Waals surface area contributed by atoms with Crippen LogP contribution >= 0.6 is 0 Å². The number of nitrogens with zero attached hydrogens (tertiary/aromatic N) is 1. The Morgan fingerprint density at radius 3 is 2.80 bits per heavy atom. The van der Waals surface area contributed by atoms with Crippen molar-refractivity contribution in [3.8, 4) is 0 Å². The molecule has 3 N–H and O–H groups in total. The van der Waals surface area contributed by atoms with Crippen molar-refractivity contribution in [1.82, 2.24) is 4.98 Å². The molecular weight excluding hydrogens is 196 g/mol. The van der Waals surface area contributed by atoms with Crippen molar-refractivity contribution >= 4 is 22.8 Å². The Kier molecular flexibility index (Phi) is 1.89. The second-order valence-electron chi connectivity index (χ2n) is 3.37. The van der Waals surface area contributed by atoms with Gasteiger partial charge in [0.2, 0.25) is 0 Å². The molecule has 0 saturated carbocycles. The molecule has 0 radical (unpaired) electrons. The maximum atomic E-state index is 11.0. The van der Waals surface area contributed by atoms with Gasteiger partial charge in [0, 0.05) is 6.92 Å². The number of aromatic nitrogens is 1. The van der Waals surface area contributed by atoms with Gasteiger partial charge in [0.05, 0.1) is 5.69 Å². The molecule has 0 aliphatic heterocycles. The molecule has 0 aliphatic rings. The van der Waals surface area contributed by atoms with Crippen LogP contribution in [0.4, 0.5) is 5.69 Å². The minimum Gasteiger partial charge on any atom is -0.477 e. The molecule has 2 rings (SSSR count). The molecule has 0 spiro atoms. The number of oxazole rings is 1. The standard InChI is InChI=1S/C10H10N2O3/c1-4-3-6-9(15-5(2)12-6)7(8(4)11)10(13)14/h3H,11H2,1-2H3,(H,13,14). The fourth-order valence-electron chi connectivity index (χ4n) is 1.53. The zero-order valence-electron chi connectivity index (χ0n) is 8.37. The number of fused-ring (bicyclic) bond motifs is 1. The van der Waals surface area contributed by atoms with Gasteiger partial charge in [0.25, 0.3) is 0 Å². The van der Waals surface area contributed by atoms with Crippen LogP contribution in [0, 0.1) is 13.8 Å². The Morgan fingerprint density at radius 2 is 2.20 bits per heavy atom. The number of aryl methyl sites for hydroxylation is 2. The van der Waals surface area contributed by atoms with Gasteiger partial charge < -0.3 is 15.3 Å². The molecule has 15 heavy (non-hydrogen) atoms. The Labute approximate surface area is 85.5 Å². The van der Waals surface area contributed by atoms with Crippen molar-refractivity contribution < 1.29 is 14.3 Å². The maximum absolute atomic E-state index is 11.0. The van der Waals surface area contributed by atoms with E-state index in [-0.39, 0.29) is 16.8 Å². The number of carbonyl (C=O) groups is 1. The van der Waals surface area contributed by atoms with Gasteiger partial charge in [0.15, 0.2) is 11.5 Å². The fraction of sp³-hybridized carbons (Fsp3) is 0.200. The summed E-state index contributed by atoms with van der Waals surface area (Å²) in [5.74, 6) is -0.671. The summed E-state index contributed by atoms with van der Waals surface area (Å²) in [5.41, 5.74) is 7.36. The Balaban J connectivity index is 2.94. The number of rotatable bonds is 1. The van der Waals surface area contributed by atoms with Crippen molar-refractivity contribution in [1.29, 1.82) is 0 Å². The molecular formula is C10H10N2O3. The van der Waals surface area contributed by atoms with E-state index in [4.69, 9.17) is 15.3 Å². The van der Waals surface area contributed by atoms with Crippen LogP contribution in [0.1, 0.15) is 21.8 Å². The molecule has 0 unspecified atom stereocenters. The van der Waals surface area contributed by atoms with Crippen LogP contribution in [-0.2, 0) is 0 Å². The molecule has 5 nitrogen and oxygen atoms in total. The molecule has 1 aromatic heterocycles. The number of carboxylic acid groups (broad SMARTS) is 1. The number of carboxylic acids is 1. The molecule has 1 heterocycles. The normalized spacial score (nSPS) is 10.8. The Hall–Kier alpha value is -2.04. The molecule has 0 amide bonds. The SMILES string of the molecule is Cc1nc2cc(C)c(N)c(C(=O)O)c2o1. The Bertz CT molecular complexity index is 557. The number of hydrogen-bond acceptors (Lipinski definition) is 4. The van der Waals surface area contributed by atoms with Gasteiger partial charge in [-0.15, -0.1) is 0 Å².